The molecule has 20 heavy (non-hydrogen) atoms. The van der Waals surface area contributed by atoms with Crippen LogP contribution in [0.15, 0.2) is 18.2 Å². The van der Waals surface area contributed by atoms with Crippen molar-refractivity contribution in [3.63, 3.8) is 0 Å². The summed E-state index contributed by atoms with van der Waals surface area (Å²) < 4.78 is 30.6. The van der Waals surface area contributed by atoms with Crippen molar-refractivity contribution in [1.82, 2.24) is 10.6 Å². The van der Waals surface area contributed by atoms with Gasteiger partial charge in [-0.05, 0) is 25.5 Å². The van der Waals surface area contributed by atoms with E-state index in [1.54, 1.807) is 6.92 Å². The summed E-state index contributed by atoms with van der Waals surface area (Å²) in [7, 11) is 0. The van der Waals surface area contributed by atoms with Crippen LogP contribution < -0.4 is 15.4 Å². The van der Waals surface area contributed by atoms with Crippen LogP contribution >= 0.6 is 0 Å². The largest absolute Gasteiger partial charge is 0.484 e. The number of rotatable bonds is 8. The van der Waals surface area contributed by atoms with E-state index in [-0.39, 0.29) is 24.3 Å². The highest BCUT2D eigenvalue weighted by atomic mass is 19.2. The minimum absolute atomic E-state index is 0.0417. The average Bonchev–Trinajstić information content (AvgIpc) is 2.40. The van der Waals surface area contributed by atoms with Gasteiger partial charge in [-0.3, -0.25) is 9.59 Å². The van der Waals surface area contributed by atoms with Gasteiger partial charge in [-0.25, -0.2) is 8.78 Å². The molecule has 1 aromatic carbocycles. The Balaban J connectivity index is 2.25. The van der Waals surface area contributed by atoms with E-state index in [1.165, 1.54) is 6.07 Å². The zero-order valence-electron chi connectivity index (χ0n) is 11.0. The monoisotopic (exact) mass is 286 g/mol. The molecule has 0 aliphatic rings. The summed E-state index contributed by atoms with van der Waals surface area (Å²) in [5.41, 5.74) is 0. The molecule has 0 fully saturated rings. The number of hydrogen-bond acceptors (Lipinski definition) is 3. The SMILES string of the molecule is CC(CCNC(=O)COc1ccc(F)c(F)c1)NC=O. The second-order valence-electron chi connectivity index (χ2n) is 4.19. The Morgan fingerprint density at radius 1 is 1.40 bits per heavy atom. The molecule has 7 heteroatoms. The van der Waals surface area contributed by atoms with Gasteiger partial charge in [0.25, 0.3) is 5.91 Å². The summed E-state index contributed by atoms with van der Waals surface area (Å²) in [5, 5.41) is 5.13. The number of nitrogens with one attached hydrogen (secondary N) is 2. The Hall–Kier alpha value is -2.18. The maximum absolute atomic E-state index is 12.9. The zero-order chi connectivity index (χ0) is 15.0. The molecule has 2 N–H and O–H groups in total. The quantitative estimate of drug-likeness (QED) is 0.700. The minimum Gasteiger partial charge on any atom is -0.484 e. The summed E-state index contributed by atoms with van der Waals surface area (Å²) in [5.74, 6) is -2.31. The van der Waals surface area contributed by atoms with Crippen LogP contribution in [0.5, 0.6) is 5.75 Å². The van der Waals surface area contributed by atoms with E-state index in [0.717, 1.165) is 12.1 Å². The molecule has 1 aromatic rings. The topological polar surface area (TPSA) is 67.4 Å². The van der Waals surface area contributed by atoms with Crippen LogP contribution in [0, 0.1) is 11.6 Å². The van der Waals surface area contributed by atoms with E-state index in [1.807, 2.05) is 0 Å². The second-order valence-corrected chi connectivity index (χ2v) is 4.19. The van der Waals surface area contributed by atoms with Gasteiger partial charge in [0, 0.05) is 18.7 Å². The first-order valence-electron chi connectivity index (χ1n) is 6.07. The number of benzene rings is 1. The van der Waals surface area contributed by atoms with Gasteiger partial charge in [0.05, 0.1) is 0 Å². The first-order valence-corrected chi connectivity index (χ1v) is 6.07. The molecule has 2 amide bonds. The lowest BCUT2D eigenvalue weighted by molar-refractivity contribution is -0.123. The van der Waals surface area contributed by atoms with E-state index in [9.17, 15) is 18.4 Å². The number of ether oxygens (including phenoxy) is 1. The van der Waals surface area contributed by atoms with Crippen LogP contribution in [0.2, 0.25) is 0 Å². The summed E-state index contributed by atoms with van der Waals surface area (Å²) >= 11 is 0. The Morgan fingerprint density at radius 3 is 2.80 bits per heavy atom. The molecule has 110 valence electrons. The smallest absolute Gasteiger partial charge is 0.257 e. The molecule has 0 saturated carbocycles. The van der Waals surface area contributed by atoms with Crippen LogP contribution in [-0.2, 0) is 9.59 Å². The van der Waals surface area contributed by atoms with Crippen LogP contribution in [0.4, 0.5) is 8.78 Å². The van der Waals surface area contributed by atoms with Gasteiger partial charge >= 0.3 is 0 Å². The van der Waals surface area contributed by atoms with Gasteiger partial charge in [0.1, 0.15) is 5.75 Å². The van der Waals surface area contributed by atoms with E-state index in [4.69, 9.17) is 4.74 Å². The molecule has 1 unspecified atom stereocenters. The Morgan fingerprint density at radius 2 is 2.15 bits per heavy atom. The van der Waals surface area contributed by atoms with Crippen LogP contribution in [0.25, 0.3) is 0 Å². The number of halogens is 2. The molecular formula is C13H16F2N2O3. The Kier molecular flexibility index (Phi) is 6.42. The van der Waals surface area contributed by atoms with E-state index >= 15 is 0 Å². The van der Waals surface area contributed by atoms with Crippen molar-refractivity contribution in [2.75, 3.05) is 13.2 Å². The molecular weight excluding hydrogens is 270 g/mol. The van der Waals surface area contributed by atoms with Crippen molar-refractivity contribution in [3.8, 4) is 5.75 Å². The minimum atomic E-state index is -1.03. The molecule has 0 spiro atoms. The maximum Gasteiger partial charge on any atom is 0.257 e. The van der Waals surface area contributed by atoms with Gasteiger partial charge in [0.2, 0.25) is 6.41 Å². The number of carbonyl (C=O) groups is 2. The van der Waals surface area contributed by atoms with Gasteiger partial charge in [-0.1, -0.05) is 0 Å². The number of hydrogen-bond donors (Lipinski definition) is 2. The van der Waals surface area contributed by atoms with Gasteiger partial charge in [0.15, 0.2) is 18.2 Å². The Bertz CT molecular complexity index is 469. The first kappa shape index (κ1) is 15.9. The average molecular weight is 286 g/mol. The van der Waals surface area contributed by atoms with Gasteiger partial charge in [-0.2, -0.15) is 0 Å². The van der Waals surface area contributed by atoms with E-state index < -0.39 is 11.6 Å². The normalized spacial score (nSPS) is 11.6. The molecule has 0 saturated heterocycles. The lowest BCUT2D eigenvalue weighted by Gasteiger charge is -2.11. The highest BCUT2D eigenvalue weighted by molar-refractivity contribution is 5.77. The van der Waals surface area contributed by atoms with Crippen molar-refractivity contribution in [3.05, 3.63) is 29.8 Å². The van der Waals surface area contributed by atoms with Crippen LogP contribution in [-0.4, -0.2) is 31.5 Å². The number of carbonyl (C=O) groups excluding carboxylic acids is 2. The summed E-state index contributed by atoms with van der Waals surface area (Å²) in [4.78, 5) is 21.6. The molecule has 0 radical (unpaired) electrons. The third-order valence-electron chi connectivity index (χ3n) is 2.51. The molecule has 1 atom stereocenters. The van der Waals surface area contributed by atoms with Crippen LogP contribution in [0.3, 0.4) is 0 Å². The molecule has 0 bridgehead atoms. The maximum atomic E-state index is 12.9. The summed E-state index contributed by atoms with van der Waals surface area (Å²) in [6, 6.07) is 3.00. The fourth-order valence-corrected chi connectivity index (χ4v) is 1.39. The van der Waals surface area contributed by atoms with Crippen molar-refractivity contribution in [2.45, 2.75) is 19.4 Å². The fourth-order valence-electron chi connectivity index (χ4n) is 1.39. The highest BCUT2D eigenvalue weighted by Crippen LogP contribution is 2.14. The van der Waals surface area contributed by atoms with Crippen LogP contribution in [0.1, 0.15) is 13.3 Å². The third kappa shape index (κ3) is 5.64. The van der Waals surface area contributed by atoms with Gasteiger partial charge in [-0.15, -0.1) is 0 Å². The van der Waals surface area contributed by atoms with Gasteiger partial charge < -0.3 is 15.4 Å². The molecule has 1 rings (SSSR count). The van der Waals surface area contributed by atoms with Crippen molar-refractivity contribution < 1.29 is 23.1 Å². The predicted octanol–water partition coefficient (Wildman–Crippen LogP) is 0.984. The molecule has 0 aromatic heterocycles. The molecule has 0 aliphatic heterocycles. The van der Waals surface area contributed by atoms with Crippen molar-refractivity contribution >= 4 is 12.3 Å². The van der Waals surface area contributed by atoms with E-state index in [2.05, 4.69) is 10.6 Å². The zero-order valence-corrected chi connectivity index (χ0v) is 11.0. The standard InChI is InChI=1S/C13H16F2N2O3/c1-9(17-8-18)4-5-16-13(19)7-20-10-2-3-11(14)12(15)6-10/h2-3,6,8-9H,4-5,7H2,1H3,(H,16,19)(H,17,18). The lowest BCUT2D eigenvalue weighted by Crippen LogP contribution is -2.34. The molecule has 0 aliphatic carbocycles. The Labute approximate surface area is 115 Å². The third-order valence-corrected chi connectivity index (χ3v) is 2.51. The fraction of sp³-hybridized carbons (Fsp3) is 0.385. The lowest BCUT2D eigenvalue weighted by atomic mass is 10.2. The predicted molar refractivity (Wildman–Crippen MR) is 68.1 cm³/mol. The second kappa shape index (κ2) is 8.08. The highest BCUT2D eigenvalue weighted by Gasteiger charge is 2.06. The molecule has 5 nitrogen and oxygen atoms in total. The molecule has 0 heterocycles. The van der Waals surface area contributed by atoms with E-state index in [0.29, 0.717) is 19.4 Å². The summed E-state index contributed by atoms with van der Waals surface area (Å²) in [6.07, 6.45) is 1.17. The first-order chi connectivity index (χ1) is 9.52. The summed E-state index contributed by atoms with van der Waals surface area (Å²) in [6.45, 7) is 1.89. The van der Waals surface area contributed by atoms with Crippen molar-refractivity contribution in [1.29, 1.82) is 0 Å². The van der Waals surface area contributed by atoms with Crippen molar-refractivity contribution in [2.24, 2.45) is 0 Å². The number of amides is 2.